The Hall–Kier alpha value is -0.120. The summed E-state index contributed by atoms with van der Waals surface area (Å²) in [5.41, 5.74) is -0.0336. The molecule has 0 bridgehead atoms. The highest BCUT2D eigenvalue weighted by atomic mass is 16.6. The first-order chi connectivity index (χ1) is 7.25. The minimum atomic E-state index is -0.0336. The highest BCUT2D eigenvalue weighted by molar-refractivity contribution is 4.93. The molecule has 0 aromatic rings. The van der Waals surface area contributed by atoms with Crippen molar-refractivity contribution >= 4 is 0 Å². The summed E-state index contributed by atoms with van der Waals surface area (Å²) in [6.07, 6.45) is 3.57. The lowest BCUT2D eigenvalue weighted by atomic mass is 9.90. The van der Waals surface area contributed by atoms with E-state index in [2.05, 4.69) is 20.8 Å². The van der Waals surface area contributed by atoms with Crippen molar-refractivity contribution in [3.63, 3.8) is 0 Å². The van der Waals surface area contributed by atoms with E-state index >= 15 is 0 Å². The molecule has 0 saturated carbocycles. The molecule has 0 amide bonds. The van der Waals surface area contributed by atoms with Gasteiger partial charge in [-0.25, -0.2) is 0 Å². The Bertz CT molecular complexity index is 168. The van der Waals surface area contributed by atoms with Crippen LogP contribution < -0.4 is 0 Å². The van der Waals surface area contributed by atoms with Crippen LogP contribution in [0.2, 0.25) is 0 Å². The van der Waals surface area contributed by atoms with Gasteiger partial charge in [0.15, 0.2) is 0 Å². The lowest BCUT2D eigenvalue weighted by Crippen LogP contribution is -2.58. The number of hydrogen-bond acceptors (Lipinski definition) is 3. The van der Waals surface area contributed by atoms with E-state index in [0.29, 0.717) is 13.2 Å². The first-order valence-electron chi connectivity index (χ1n) is 6.08. The summed E-state index contributed by atoms with van der Waals surface area (Å²) in [6.45, 7) is 9.37. The zero-order valence-corrected chi connectivity index (χ0v) is 10.3. The molecule has 1 rings (SSSR count). The fourth-order valence-electron chi connectivity index (χ4n) is 1.74. The molecule has 1 aliphatic rings. The monoisotopic (exact) mass is 216 g/mol. The molecular weight excluding hydrogens is 192 g/mol. The molecule has 3 heteroatoms. The summed E-state index contributed by atoms with van der Waals surface area (Å²) in [7, 11) is 0. The lowest BCUT2D eigenvalue weighted by molar-refractivity contribution is -0.258. The van der Waals surface area contributed by atoms with Crippen LogP contribution in [-0.2, 0) is 14.2 Å². The Balaban J connectivity index is 2.03. The highest BCUT2D eigenvalue weighted by Crippen LogP contribution is 2.32. The fourth-order valence-corrected chi connectivity index (χ4v) is 1.74. The molecule has 0 N–H and O–H groups in total. The van der Waals surface area contributed by atoms with Gasteiger partial charge >= 0.3 is 0 Å². The average molecular weight is 216 g/mol. The molecule has 1 saturated heterocycles. The Morgan fingerprint density at radius 3 is 2.53 bits per heavy atom. The van der Waals surface area contributed by atoms with Crippen molar-refractivity contribution in [1.29, 1.82) is 0 Å². The molecule has 0 aromatic heterocycles. The summed E-state index contributed by atoms with van der Waals surface area (Å²) < 4.78 is 16.7. The Morgan fingerprint density at radius 1 is 1.27 bits per heavy atom. The standard InChI is InChI=1S/C12H24O3/c1-4-6-7-13-8-9-15-12(5-2)10-14-11(12)3/h11H,4-10H2,1-3H3. The summed E-state index contributed by atoms with van der Waals surface area (Å²) in [6, 6.07) is 0. The van der Waals surface area contributed by atoms with Gasteiger partial charge in [-0.15, -0.1) is 0 Å². The zero-order valence-electron chi connectivity index (χ0n) is 10.3. The van der Waals surface area contributed by atoms with Gasteiger partial charge in [-0.3, -0.25) is 0 Å². The van der Waals surface area contributed by atoms with Crippen molar-refractivity contribution in [2.24, 2.45) is 0 Å². The van der Waals surface area contributed by atoms with E-state index in [1.54, 1.807) is 0 Å². The maximum absolute atomic E-state index is 5.86. The Kier molecular flexibility index (Phi) is 5.58. The predicted octanol–water partition coefficient (Wildman–Crippen LogP) is 2.39. The molecule has 0 spiro atoms. The van der Waals surface area contributed by atoms with Crippen LogP contribution in [0.25, 0.3) is 0 Å². The van der Waals surface area contributed by atoms with Gasteiger partial charge in [0.25, 0.3) is 0 Å². The highest BCUT2D eigenvalue weighted by Gasteiger charge is 2.45. The van der Waals surface area contributed by atoms with Gasteiger partial charge in [-0.05, 0) is 19.8 Å². The van der Waals surface area contributed by atoms with Gasteiger partial charge in [0.05, 0.1) is 25.9 Å². The van der Waals surface area contributed by atoms with E-state index in [-0.39, 0.29) is 11.7 Å². The Morgan fingerprint density at radius 2 is 2.07 bits per heavy atom. The normalized spacial score (nSPS) is 30.2. The van der Waals surface area contributed by atoms with Crippen LogP contribution in [0.1, 0.15) is 40.0 Å². The first kappa shape index (κ1) is 12.9. The molecule has 2 unspecified atom stereocenters. The summed E-state index contributed by atoms with van der Waals surface area (Å²) >= 11 is 0. The third kappa shape index (κ3) is 3.44. The third-order valence-electron chi connectivity index (χ3n) is 3.18. The van der Waals surface area contributed by atoms with Crippen molar-refractivity contribution in [3.8, 4) is 0 Å². The quantitative estimate of drug-likeness (QED) is 0.583. The Labute approximate surface area is 93.1 Å². The van der Waals surface area contributed by atoms with E-state index in [1.807, 2.05) is 0 Å². The second-order valence-corrected chi connectivity index (χ2v) is 4.19. The fraction of sp³-hybridized carbons (Fsp3) is 1.00. The van der Waals surface area contributed by atoms with Gasteiger partial charge in [-0.1, -0.05) is 20.3 Å². The molecule has 0 aliphatic carbocycles. The third-order valence-corrected chi connectivity index (χ3v) is 3.18. The maximum Gasteiger partial charge on any atom is 0.117 e. The van der Waals surface area contributed by atoms with Crippen molar-refractivity contribution in [2.75, 3.05) is 26.4 Å². The van der Waals surface area contributed by atoms with Crippen molar-refractivity contribution in [1.82, 2.24) is 0 Å². The maximum atomic E-state index is 5.86. The molecule has 0 aromatic carbocycles. The minimum Gasteiger partial charge on any atom is -0.379 e. The first-order valence-corrected chi connectivity index (χ1v) is 6.08. The summed E-state index contributed by atoms with van der Waals surface area (Å²) in [5, 5.41) is 0. The van der Waals surface area contributed by atoms with Crippen LogP contribution in [0.15, 0.2) is 0 Å². The minimum absolute atomic E-state index is 0.0336. The van der Waals surface area contributed by atoms with E-state index < -0.39 is 0 Å². The van der Waals surface area contributed by atoms with Gasteiger partial charge in [0.1, 0.15) is 5.60 Å². The molecule has 1 fully saturated rings. The molecule has 2 atom stereocenters. The van der Waals surface area contributed by atoms with E-state index in [4.69, 9.17) is 14.2 Å². The van der Waals surface area contributed by atoms with Gasteiger partial charge in [0, 0.05) is 6.61 Å². The topological polar surface area (TPSA) is 27.7 Å². The molecular formula is C12H24O3. The average Bonchev–Trinajstić information content (AvgIpc) is 2.26. The van der Waals surface area contributed by atoms with Gasteiger partial charge in [0.2, 0.25) is 0 Å². The second kappa shape index (κ2) is 6.46. The van der Waals surface area contributed by atoms with Crippen molar-refractivity contribution < 1.29 is 14.2 Å². The van der Waals surface area contributed by atoms with E-state index in [9.17, 15) is 0 Å². The number of unbranched alkanes of at least 4 members (excludes halogenated alkanes) is 1. The largest absolute Gasteiger partial charge is 0.379 e. The SMILES string of the molecule is CCCCOCCOC1(CC)COC1C. The van der Waals surface area contributed by atoms with Crippen molar-refractivity contribution in [2.45, 2.75) is 51.7 Å². The van der Waals surface area contributed by atoms with Crippen LogP contribution in [0, 0.1) is 0 Å². The molecule has 15 heavy (non-hydrogen) atoms. The number of rotatable bonds is 8. The second-order valence-electron chi connectivity index (χ2n) is 4.19. The smallest absolute Gasteiger partial charge is 0.117 e. The van der Waals surface area contributed by atoms with Crippen LogP contribution in [0.3, 0.4) is 0 Å². The number of ether oxygens (including phenoxy) is 3. The molecule has 0 radical (unpaired) electrons. The van der Waals surface area contributed by atoms with Crippen LogP contribution in [0.5, 0.6) is 0 Å². The predicted molar refractivity (Wildman–Crippen MR) is 60.1 cm³/mol. The van der Waals surface area contributed by atoms with Crippen LogP contribution >= 0.6 is 0 Å². The summed E-state index contributed by atoms with van der Waals surface area (Å²) in [5.74, 6) is 0. The molecule has 1 aliphatic heterocycles. The summed E-state index contributed by atoms with van der Waals surface area (Å²) in [4.78, 5) is 0. The molecule has 1 heterocycles. The van der Waals surface area contributed by atoms with Gasteiger partial charge in [-0.2, -0.15) is 0 Å². The molecule has 3 nitrogen and oxygen atoms in total. The van der Waals surface area contributed by atoms with Gasteiger partial charge < -0.3 is 14.2 Å². The molecule has 90 valence electrons. The van der Waals surface area contributed by atoms with Crippen LogP contribution in [-0.4, -0.2) is 38.1 Å². The van der Waals surface area contributed by atoms with E-state index in [1.165, 1.54) is 6.42 Å². The van der Waals surface area contributed by atoms with Crippen LogP contribution in [0.4, 0.5) is 0 Å². The zero-order chi connectivity index (χ0) is 11.1. The van der Waals surface area contributed by atoms with E-state index in [0.717, 1.165) is 26.1 Å². The number of hydrogen-bond donors (Lipinski definition) is 0. The van der Waals surface area contributed by atoms with Crippen molar-refractivity contribution in [3.05, 3.63) is 0 Å². The lowest BCUT2D eigenvalue weighted by Gasteiger charge is -2.46.